The van der Waals surface area contributed by atoms with Crippen LogP contribution in [0, 0.1) is 0 Å². The van der Waals surface area contributed by atoms with Gasteiger partial charge in [0.2, 0.25) is 5.91 Å². The van der Waals surface area contributed by atoms with Crippen molar-refractivity contribution in [1.29, 1.82) is 0 Å². The summed E-state index contributed by atoms with van der Waals surface area (Å²) in [6.45, 7) is -1.64. The van der Waals surface area contributed by atoms with Crippen molar-refractivity contribution >= 4 is 11.9 Å². The second-order valence-corrected chi connectivity index (χ2v) is 6.09. The summed E-state index contributed by atoms with van der Waals surface area (Å²) < 4.78 is 35.0. The van der Waals surface area contributed by atoms with Crippen LogP contribution in [-0.2, 0) is 20.7 Å². The lowest BCUT2D eigenvalue weighted by Gasteiger charge is -2.34. The fourth-order valence-corrected chi connectivity index (χ4v) is 2.83. The van der Waals surface area contributed by atoms with Crippen LogP contribution in [0.4, 0.5) is 8.78 Å². The Morgan fingerprint density at radius 1 is 1.42 bits per heavy atom. The summed E-state index contributed by atoms with van der Waals surface area (Å²) in [5, 5.41) is 8.79. The number of likely N-dealkylation sites (N-methyl/N-ethyl adjacent to an activating group) is 1. The van der Waals surface area contributed by atoms with E-state index >= 15 is 0 Å². The zero-order valence-corrected chi connectivity index (χ0v) is 14.4. The Hall–Kier alpha value is -2.26. The van der Waals surface area contributed by atoms with E-state index in [4.69, 9.17) is 9.84 Å². The number of carboxylic acids is 1. The van der Waals surface area contributed by atoms with Crippen molar-refractivity contribution in [3.63, 3.8) is 0 Å². The maximum Gasteiger partial charge on any atom is 0.387 e. The number of alkyl halides is 2. The highest BCUT2D eigenvalue weighted by molar-refractivity contribution is 5.79. The van der Waals surface area contributed by atoms with Gasteiger partial charge in [-0.15, -0.1) is 0 Å². The summed E-state index contributed by atoms with van der Waals surface area (Å²) in [6, 6.07) is 6.20. The van der Waals surface area contributed by atoms with Crippen molar-refractivity contribution in [1.82, 2.24) is 9.80 Å². The number of aliphatic carboxylic acids is 1. The highest BCUT2D eigenvalue weighted by atomic mass is 19.3. The third kappa shape index (κ3) is 6.23. The number of carbonyl (C=O) groups is 2. The van der Waals surface area contributed by atoms with Gasteiger partial charge in [0.15, 0.2) is 0 Å². The SMILES string of the molecule is CN(CC(=O)O)CC1CN(C(=O)Cc2ccccc2OC(F)F)CCO1. The molecule has 0 bridgehead atoms. The Balaban J connectivity index is 1.94. The molecule has 2 rings (SSSR count). The van der Waals surface area contributed by atoms with Crippen LogP contribution in [0.1, 0.15) is 5.56 Å². The molecule has 7 nitrogen and oxygen atoms in total. The smallest absolute Gasteiger partial charge is 0.387 e. The molecule has 1 atom stereocenters. The number of carbonyl (C=O) groups excluding carboxylic acids is 1. The molecule has 1 aliphatic rings. The van der Waals surface area contributed by atoms with E-state index in [0.29, 0.717) is 31.8 Å². The molecule has 1 aromatic rings. The van der Waals surface area contributed by atoms with Gasteiger partial charge in [-0.3, -0.25) is 14.5 Å². The highest BCUT2D eigenvalue weighted by Gasteiger charge is 2.26. The lowest BCUT2D eigenvalue weighted by Crippen LogP contribution is -2.50. The average Bonchev–Trinajstić information content (AvgIpc) is 2.55. The number of morpholine rings is 1. The first kappa shape index (κ1) is 20.1. The predicted molar refractivity (Wildman–Crippen MR) is 88.2 cm³/mol. The largest absolute Gasteiger partial charge is 0.480 e. The first-order valence-corrected chi connectivity index (χ1v) is 8.17. The molecule has 1 saturated heterocycles. The minimum Gasteiger partial charge on any atom is -0.480 e. The minimum absolute atomic E-state index is 0.0122. The Morgan fingerprint density at radius 3 is 2.85 bits per heavy atom. The van der Waals surface area contributed by atoms with E-state index in [2.05, 4.69) is 4.74 Å². The monoisotopic (exact) mass is 372 g/mol. The summed E-state index contributed by atoms with van der Waals surface area (Å²) in [7, 11) is 1.66. The molecule has 0 aromatic heterocycles. The van der Waals surface area contributed by atoms with Crippen molar-refractivity contribution in [3.8, 4) is 5.75 Å². The molecule has 0 saturated carbocycles. The molecule has 0 spiro atoms. The number of benzene rings is 1. The van der Waals surface area contributed by atoms with Gasteiger partial charge in [0.25, 0.3) is 0 Å². The van der Waals surface area contributed by atoms with E-state index in [9.17, 15) is 18.4 Å². The molecular weight excluding hydrogens is 350 g/mol. The summed E-state index contributed by atoms with van der Waals surface area (Å²) in [4.78, 5) is 26.5. The van der Waals surface area contributed by atoms with Crippen LogP contribution in [0.3, 0.4) is 0 Å². The van der Waals surface area contributed by atoms with Crippen molar-refractivity contribution in [3.05, 3.63) is 29.8 Å². The molecule has 0 aliphatic carbocycles. The van der Waals surface area contributed by atoms with E-state index in [-0.39, 0.29) is 30.7 Å². The second kappa shape index (κ2) is 9.44. The van der Waals surface area contributed by atoms with E-state index in [1.807, 2.05) is 0 Å². The Morgan fingerprint density at radius 2 is 2.15 bits per heavy atom. The standard InChI is InChI=1S/C17H22F2N2O5/c1-20(11-16(23)24)9-13-10-21(6-7-25-13)15(22)8-12-4-2-3-5-14(12)26-17(18)19/h2-5,13,17H,6-11H2,1H3,(H,23,24). The Kier molecular flexibility index (Phi) is 7.28. The lowest BCUT2D eigenvalue weighted by molar-refractivity contribution is -0.142. The maximum absolute atomic E-state index is 12.5. The number of hydrogen-bond acceptors (Lipinski definition) is 5. The van der Waals surface area contributed by atoms with Gasteiger partial charge in [0, 0.05) is 25.2 Å². The van der Waals surface area contributed by atoms with Crippen LogP contribution in [0.25, 0.3) is 0 Å². The zero-order chi connectivity index (χ0) is 19.1. The van der Waals surface area contributed by atoms with E-state index < -0.39 is 12.6 Å². The first-order chi connectivity index (χ1) is 12.3. The van der Waals surface area contributed by atoms with E-state index in [1.165, 1.54) is 6.07 Å². The molecule has 26 heavy (non-hydrogen) atoms. The lowest BCUT2D eigenvalue weighted by atomic mass is 10.1. The predicted octanol–water partition coefficient (Wildman–Crippen LogP) is 1.07. The third-order valence-corrected chi connectivity index (χ3v) is 3.94. The topological polar surface area (TPSA) is 79.3 Å². The average molecular weight is 372 g/mol. The molecule has 1 fully saturated rings. The van der Waals surface area contributed by atoms with Gasteiger partial charge in [-0.25, -0.2) is 0 Å². The minimum atomic E-state index is -2.95. The normalized spacial score (nSPS) is 17.6. The number of nitrogens with zero attached hydrogens (tertiary/aromatic N) is 2. The number of halogens is 2. The van der Waals surface area contributed by atoms with Gasteiger partial charge >= 0.3 is 12.6 Å². The molecule has 1 aromatic carbocycles. The quantitative estimate of drug-likeness (QED) is 0.736. The third-order valence-electron chi connectivity index (χ3n) is 3.94. The van der Waals surface area contributed by atoms with Crippen molar-refractivity contribution in [2.45, 2.75) is 19.1 Å². The van der Waals surface area contributed by atoms with Gasteiger partial charge in [0.05, 0.1) is 25.7 Å². The van der Waals surface area contributed by atoms with E-state index in [0.717, 1.165) is 0 Å². The van der Waals surface area contributed by atoms with Crippen LogP contribution >= 0.6 is 0 Å². The summed E-state index contributed by atoms with van der Waals surface area (Å²) >= 11 is 0. The molecule has 1 amide bonds. The molecule has 144 valence electrons. The number of hydrogen-bond donors (Lipinski definition) is 1. The fourth-order valence-electron chi connectivity index (χ4n) is 2.83. The van der Waals surface area contributed by atoms with E-state index in [1.54, 1.807) is 35.0 Å². The highest BCUT2D eigenvalue weighted by Crippen LogP contribution is 2.21. The van der Waals surface area contributed by atoms with Crippen LogP contribution in [0.2, 0.25) is 0 Å². The van der Waals surface area contributed by atoms with Crippen LogP contribution in [-0.4, -0.2) is 79.3 Å². The molecule has 9 heteroatoms. The molecule has 1 heterocycles. The number of rotatable bonds is 8. The number of para-hydroxylation sites is 1. The van der Waals surface area contributed by atoms with Crippen LogP contribution in [0.5, 0.6) is 5.75 Å². The van der Waals surface area contributed by atoms with Crippen molar-refractivity contribution in [2.24, 2.45) is 0 Å². The molecule has 1 aliphatic heterocycles. The van der Waals surface area contributed by atoms with Gasteiger partial charge < -0.3 is 19.5 Å². The van der Waals surface area contributed by atoms with Gasteiger partial charge in [-0.2, -0.15) is 8.78 Å². The van der Waals surface area contributed by atoms with Crippen LogP contribution < -0.4 is 4.74 Å². The number of ether oxygens (including phenoxy) is 2. The van der Waals surface area contributed by atoms with Crippen molar-refractivity contribution in [2.75, 3.05) is 39.8 Å². The number of amides is 1. The van der Waals surface area contributed by atoms with Gasteiger partial charge in [-0.05, 0) is 13.1 Å². The maximum atomic E-state index is 12.5. The Bertz CT molecular complexity index is 629. The van der Waals surface area contributed by atoms with Gasteiger partial charge in [0.1, 0.15) is 5.75 Å². The zero-order valence-electron chi connectivity index (χ0n) is 14.4. The van der Waals surface area contributed by atoms with Crippen LogP contribution in [0.15, 0.2) is 24.3 Å². The summed E-state index contributed by atoms with van der Waals surface area (Å²) in [5.74, 6) is -1.17. The molecular formula is C17H22F2N2O5. The summed E-state index contributed by atoms with van der Waals surface area (Å²) in [6.07, 6.45) is -0.356. The molecule has 1 unspecified atom stereocenters. The Labute approximate surface area is 150 Å². The number of carboxylic acid groups (broad SMARTS) is 1. The molecule has 0 radical (unpaired) electrons. The van der Waals surface area contributed by atoms with Crippen molar-refractivity contribution < 1.29 is 33.0 Å². The van der Waals surface area contributed by atoms with Gasteiger partial charge in [-0.1, -0.05) is 18.2 Å². The summed E-state index contributed by atoms with van der Waals surface area (Å²) in [5.41, 5.74) is 0.392. The first-order valence-electron chi connectivity index (χ1n) is 8.17. The molecule has 1 N–H and O–H groups in total. The second-order valence-electron chi connectivity index (χ2n) is 6.09. The fraction of sp³-hybridized carbons (Fsp3) is 0.529.